The van der Waals surface area contributed by atoms with Crippen LogP contribution in [-0.2, 0) is 4.79 Å². The van der Waals surface area contributed by atoms with Crippen molar-refractivity contribution in [3.8, 4) is 22.6 Å². The maximum atomic E-state index is 11.7. The molecule has 2 aromatic rings. The number of carbonyl (C=O) groups is 1. The maximum Gasteiger partial charge on any atom is 0.338 e. The zero-order valence-electron chi connectivity index (χ0n) is 11.6. The Balaban J connectivity index is 2.35. The van der Waals surface area contributed by atoms with Gasteiger partial charge in [0.2, 0.25) is 0 Å². The molecular weight excluding hydrogens is 252 g/mol. The summed E-state index contributed by atoms with van der Waals surface area (Å²) in [4.78, 5) is 11.7. The Labute approximate surface area is 118 Å². The van der Waals surface area contributed by atoms with Crippen LogP contribution in [0.15, 0.2) is 60.7 Å². The van der Waals surface area contributed by atoms with Crippen molar-refractivity contribution in [2.75, 3.05) is 7.11 Å². The van der Waals surface area contributed by atoms with E-state index in [1.807, 2.05) is 42.5 Å². The van der Waals surface area contributed by atoms with Crippen LogP contribution in [0.4, 0.5) is 0 Å². The van der Waals surface area contributed by atoms with Gasteiger partial charge in [-0.1, -0.05) is 36.9 Å². The first-order chi connectivity index (χ1) is 9.61. The number of benzene rings is 2. The number of para-hydroxylation sites is 1. The van der Waals surface area contributed by atoms with Crippen molar-refractivity contribution >= 4 is 5.97 Å². The monoisotopic (exact) mass is 268 g/mol. The minimum absolute atomic E-state index is 0.370. The molecule has 0 heterocycles. The van der Waals surface area contributed by atoms with E-state index in [0.717, 1.165) is 16.9 Å². The van der Waals surface area contributed by atoms with Crippen molar-refractivity contribution in [2.45, 2.75) is 6.92 Å². The average molecular weight is 268 g/mol. The number of rotatable bonds is 4. The first kappa shape index (κ1) is 13.9. The normalized spacial score (nSPS) is 9.90. The Morgan fingerprint density at radius 2 is 1.70 bits per heavy atom. The van der Waals surface area contributed by atoms with E-state index in [9.17, 15) is 4.79 Å². The van der Waals surface area contributed by atoms with Gasteiger partial charge in [-0.3, -0.25) is 0 Å². The predicted molar refractivity (Wildman–Crippen MR) is 78.9 cm³/mol. The van der Waals surface area contributed by atoms with Crippen LogP contribution >= 0.6 is 0 Å². The second-order valence-corrected chi connectivity index (χ2v) is 4.39. The van der Waals surface area contributed by atoms with Gasteiger partial charge in [-0.15, -0.1) is 0 Å². The molecule has 0 bridgehead atoms. The van der Waals surface area contributed by atoms with Crippen LogP contribution < -0.4 is 9.47 Å². The Morgan fingerprint density at radius 3 is 2.30 bits per heavy atom. The quantitative estimate of drug-likeness (QED) is 0.480. The highest BCUT2D eigenvalue weighted by Gasteiger charge is 2.10. The molecule has 0 unspecified atom stereocenters. The molecular formula is C17H16O3. The fourth-order valence-electron chi connectivity index (χ4n) is 1.75. The Hall–Kier alpha value is -2.55. The van der Waals surface area contributed by atoms with Gasteiger partial charge in [0.05, 0.1) is 7.11 Å². The van der Waals surface area contributed by atoms with Gasteiger partial charge in [-0.2, -0.15) is 0 Å². The minimum atomic E-state index is -0.425. The summed E-state index contributed by atoms with van der Waals surface area (Å²) in [6.45, 7) is 5.21. The van der Waals surface area contributed by atoms with Crippen molar-refractivity contribution in [1.82, 2.24) is 0 Å². The van der Waals surface area contributed by atoms with E-state index in [2.05, 4.69) is 6.58 Å². The average Bonchev–Trinajstić information content (AvgIpc) is 2.48. The lowest BCUT2D eigenvalue weighted by molar-refractivity contribution is -0.130. The van der Waals surface area contributed by atoms with Gasteiger partial charge < -0.3 is 9.47 Å². The summed E-state index contributed by atoms with van der Waals surface area (Å²) in [6.07, 6.45) is 0. The fourth-order valence-corrected chi connectivity index (χ4v) is 1.75. The van der Waals surface area contributed by atoms with Crippen LogP contribution in [0.5, 0.6) is 11.5 Å². The molecule has 0 aliphatic rings. The van der Waals surface area contributed by atoms with Crippen molar-refractivity contribution in [3.05, 3.63) is 60.7 Å². The number of ether oxygens (including phenoxy) is 2. The molecule has 0 spiro atoms. The molecule has 0 atom stereocenters. The van der Waals surface area contributed by atoms with Gasteiger partial charge in [0.15, 0.2) is 0 Å². The summed E-state index contributed by atoms with van der Waals surface area (Å²) in [5, 5.41) is 0. The summed E-state index contributed by atoms with van der Waals surface area (Å²) < 4.78 is 10.5. The van der Waals surface area contributed by atoms with Crippen molar-refractivity contribution in [2.24, 2.45) is 0 Å². The Kier molecular flexibility index (Phi) is 4.20. The molecule has 20 heavy (non-hydrogen) atoms. The second kappa shape index (κ2) is 6.06. The van der Waals surface area contributed by atoms with Gasteiger partial charge in [0.1, 0.15) is 11.5 Å². The van der Waals surface area contributed by atoms with E-state index in [4.69, 9.17) is 9.47 Å². The number of carbonyl (C=O) groups excluding carboxylic acids is 1. The number of hydrogen-bond donors (Lipinski definition) is 0. The number of esters is 1. The highest BCUT2D eigenvalue weighted by molar-refractivity contribution is 5.90. The van der Waals surface area contributed by atoms with Crippen molar-refractivity contribution in [1.29, 1.82) is 0 Å². The molecule has 0 saturated heterocycles. The molecule has 0 amide bonds. The summed E-state index contributed by atoms with van der Waals surface area (Å²) in [7, 11) is 1.62. The van der Waals surface area contributed by atoms with Crippen LogP contribution in [-0.4, -0.2) is 13.1 Å². The molecule has 0 aliphatic carbocycles. The van der Waals surface area contributed by atoms with Crippen LogP contribution in [0.25, 0.3) is 11.1 Å². The maximum absolute atomic E-state index is 11.7. The molecule has 3 nitrogen and oxygen atoms in total. The molecule has 0 saturated carbocycles. The van der Waals surface area contributed by atoms with E-state index in [1.54, 1.807) is 20.1 Å². The van der Waals surface area contributed by atoms with Gasteiger partial charge in [-0.05, 0) is 30.7 Å². The lowest BCUT2D eigenvalue weighted by Gasteiger charge is -2.10. The van der Waals surface area contributed by atoms with E-state index >= 15 is 0 Å². The smallest absolute Gasteiger partial charge is 0.338 e. The Bertz CT molecular complexity index is 627. The van der Waals surface area contributed by atoms with Crippen LogP contribution in [0.3, 0.4) is 0 Å². The van der Waals surface area contributed by atoms with Crippen molar-refractivity contribution < 1.29 is 14.3 Å². The summed E-state index contributed by atoms with van der Waals surface area (Å²) >= 11 is 0. The van der Waals surface area contributed by atoms with Crippen LogP contribution in [0.2, 0.25) is 0 Å². The molecule has 0 radical (unpaired) electrons. The molecule has 102 valence electrons. The predicted octanol–water partition coefficient (Wildman–Crippen LogP) is 3.84. The largest absolute Gasteiger partial charge is 0.497 e. The van der Waals surface area contributed by atoms with E-state index in [0.29, 0.717) is 11.3 Å². The first-order valence-corrected chi connectivity index (χ1v) is 6.23. The van der Waals surface area contributed by atoms with Crippen LogP contribution in [0, 0.1) is 0 Å². The minimum Gasteiger partial charge on any atom is -0.497 e. The Morgan fingerprint density at radius 1 is 1.05 bits per heavy atom. The van der Waals surface area contributed by atoms with Gasteiger partial charge in [0, 0.05) is 11.1 Å². The second-order valence-electron chi connectivity index (χ2n) is 4.39. The third-order valence-electron chi connectivity index (χ3n) is 2.84. The molecule has 2 rings (SSSR count). The van der Waals surface area contributed by atoms with Gasteiger partial charge >= 0.3 is 5.97 Å². The number of hydrogen-bond acceptors (Lipinski definition) is 3. The molecule has 0 fully saturated rings. The molecule has 2 aromatic carbocycles. The zero-order valence-corrected chi connectivity index (χ0v) is 11.6. The molecule has 0 aliphatic heterocycles. The lowest BCUT2D eigenvalue weighted by Crippen LogP contribution is -2.08. The molecule has 3 heteroatoms. The van der Waals surface area contributed by atoms with E-state index < -0.39 is 5.97 Å². The molecule has 0 N–H and O–H groups in total. The van der Waals surface area contributed by atoms with E-state index in [1.165, 1.54) is 0 Å². The van der Waals surface area contributed by atoms with E-state index in [-0.39, 0.29) is 0 Å². The summed E-state index contributed by atoms with van der Waals surface area (Å²) in [5.74, 6) is 0.877. The fraction of sp³-hybridized carbons (Fsp3) is 0.118. The highest BCUT2D eigenvalue weighted by atomic mass is 16.5. The first-order valence-electron chi connectivity index (χ1n) is 6.23. The highest BCUT2D eigenvalue weighted by Crippen LogP contribution is 2.31. The summed E-state index contributed by atoms with van der Waals surface area (Å²) in [6, 6.07) is 15.0. The van der Waals surface area contributed by atoms with Gasteiger partial charge in [0.25, 0.3) is 0 Å². The zero-order chi connectivity index (χ0) is 14.5. The number of methoxy groups -OCH3 is 1. The van der Waals surface area contributed by atoms with Crippen LogP contribution in [0.1, 0.15) is 6.92 Å². The van der Waals surface area contributed by atoms with Gasteiger partial charge in [-0.25, -0.2) is 4.79 Å². The lowest BCUT2D eigenvalue weighted by atomic mass is 10.0. The SMILES string of the molecule is C=C(C)C(=O)Oc1ccccc1-c1ccc(OC)cc1. The third kappa shape index (κ3) is 3.06. The summed E-state index contributed by atoms with van der Waals surface area (Å²) in [5.41, 5.74) is 2.18. The standard InChI is InChI=1S/C17H16O3/c1-12(2)17(18)20-16-7-5-4-6-15(16)13-8-10-14(19-3)11-9-13/h4-11H,1H2,2-3H3. The third-order valence-corrected chi connectivity index (χ3v) is 2.84. The van der Waals surface area contributed by atoms with Crippen molar-refractivity contribution in [3.63, 3.8) is 0 Å². The molecule has 0 aromatic heterocycles. The topological polar surface area (TPSA) is 35.5 Å².